The maximum atomic E-state index is 11.6. The highest BCUT2D eigenvalue weighted by molar-refractivity contribution is 8.03. The molecule has 0 aromatic carbocycles. The molecule has 1 aliphatic heterocycles. The number of hydrogen-bond donors (Lipinski definition) is 1. The monoisotopic (exact) mass is 154 g/mol. The molecule has 1 radical (unpaired) electrons. The second-order valence-electron chi connectivity index (χ2n) is 1.42. The Morgan fingerprint density at radius 2 is 2.22 bits per heavy atom. The quantitative estimate of drug-likeness (QED) is 0.567. The van der Waals surface area contributed by atoms with Gasteiger partial charge in [0.25, 0.3) is 0 Å². The zero-order chi connectivity index (χ0) is 6.91. The first-order valence-corrected chi connectivity index (χ1v) is 3.15. The predicted octanol–water partition coefficient (Wildman–Crippen LogP) is 1.49. The number of nitrogens with one attached hydrogen (secondary N) is 1. The van der Waals surface area contributed by atoms with Crippen molar-refractivity contribution >= 4 is 11.8 Å². The van der Waals surface area contributed by atoms with Crippen molar-refractivity contribution in [3.63, 3.8) is 0 Å². The molecule has 51 valence electrons. The number of hydrogen-bond acceptors (Lipinski definition) is 2. The molecule has 0 saturated heterocycles. The minimum Gasteiger partial charge on any atom is -0.373 e. The molecule has 0 unspecified atom stereocenters. The van der Waals surface area contributed by atoms with Crippen LogP contribution in [0.3, 0.4) is 0 Å². The van der Waals surface area contributed by atoms with Crippen LogP contribution in [0.15, 0.2) is 4.91 Å². The summed E-state index contributed by atoms with van der Waals surface area (Å²) in [5.41, 5.74) is 0. The highest BCUT2D eigenvalue weighted by atomic mass is 32.2. The van der Waals surface area contributed by atoms with Crippen molar-refractivity contribution in [1.29, 1.82) is 0 Å². The molecule has 0 saturated carbocycles. The van der Waals surface area contributed by atoms with Crippen LogP contribution in [0.25, 0.3) is 0 Å². The molecule has 0 atom stereocenters. The van der Waals surface area contributed by atoms with Crippen LogP contribution in [0.4, 0.5) is 13.2 Å². The summed E-state index contributed by atoms with van der Waals surface area (Å²) in [7, 11) is 0. The zero-order valence-electron chi connectivity index (χ0n) is 4.25. The number of rotatable bonds is 0. The van der Waals surface area contributed by atoms with Crippen molar-refractivity contribution in [3.05, 3.63) is 11.1 Å². The van der Waals surface area contributed by atoms with E-state index in [2.05, 4.69) is 5.32 Å². The van der Waals surface area contributed by atoms with Crippen molar-refractivity contribution in [2.75, 3.05) is 5.88 Å². The fourth-order valence-corrected chi connectivity index (χ4v) is 1.01. The fourth-order valence-electron chi connectivity index (χ4n) is 0.413. The summed E-state index contributed by atoms with van der Waals surface area (Å²) in [5, 5.41) is 2.33. The second kappa shape index (κ2) is 2.13. The molecule has 0 spiro atoms. The Morgan fingerprint density at radius 1 is 1.56 bits per heavy atom. The Hall–Kier alpha value is -0.320. The largest absolute Gasteiger partial charge is 0.424 e. The van der Waals surface area contributed by atoms with Crippen molar-refractivity contribution in [3.8, 4) is 0 Å². The van der Waals surface area contributed by atoms with Crippen LogP contribution >= 0.6 is 11.8 Å². The van der Waals surface area contributed by atoms with Crippen molar-refractivity contribution in [1.82, 2.24) is 5.32 Å². The van der Waals surface area contributed by atoms with E-state index in [1.54, 1.807) is 0 Å². The van der Waals surface area contributed by atoms with Gasteiger partial charge in [0, 0.05) is 0 Å². The zero-order valence-corrected chi connectivity index (χ0v) is 5.07. The van der Waals surface area contributed by atoms with Crippen molar-refractivity contribution < 1.29 is 13.2 Å². The van der Waals surface area contributed by atoms with E-state index in [0.717, 1.165) is 11.8 Å². The second-order valence-corrected chi connectivity index (χ2v) is 2.40. The van der Waals surface area contributed by atoms with E-state index < -0.39 is 11.1 Å². The van der Waals surface area contributed by atoms with Crippen molar-refractivity contribution in [2.45, 2.75) is 6.18 Å². The Balaban J connectivity index is 2.61. The topological polar surface area (TPSA) is 12.0 Å². The third-order valence-electron chi connectivity index (χ3n) is 0.748. The molecule has 0 amide bonds. The van der Waals surface area contributed by atoms with E-state index in [9.17, 15) is 13.2 Å². The first-order valence-electron chi connectivity index (χ1n) is 2.16. The van der Waals surface area contributed by atoms with Gasteiger partial charge in [0.2, 0.25) is 0 Å². The minimum atomic E-state index is -4.21. The van der Waals surface area contributed by atoms with E-state index in [-0.39, 0.29) is 5.88 Å². The molecule has 0 aliphatic carbocycles. The van der Waals surface area contributed by atoms with Crippen LogP contribution in [0, 0.1) is 6.20 Å². The van der Waals surface area contributed by atoms with Gasteiger partial charge in [-0.25, -0.2) is 0 Å². The maximum Gasteiger partial charge on any atom is 0.424 e. The summed E-state index contributed by atoms with van der Waals surface area (Å²) in [6, 6.07) is 0. The number of halogens is 3. The lowest BCUT2D eigenvalue weighted by molar-refractivity contribution is -0.0840. The van der Waals surface area contributed by atoms with E-state index in [1.807, 2.05) is 6.20 Å². The van der Waals surface area contributed by atoms with Gasteiger partial charge >= 0.3 is 6.18 Å². The van der Waals surface area contributed by atoms with Crippen LogP contribution in [0.5, 0.6) is 0 Å². The van der Waals surface area contributed by atoms with Gasteiger partial charge in [-0.2, -0.15) is 13.2 Å². The van der Waals surface area contributed by atoms with Crippen LogP contribution in [-0.2, 0) is 0 Å². The molecule has 0 fully saturated rings. The molecule has 1 heterocycles. The summed E-state index contributed by atoms with van der Waals surface area (Å²) in [6.07, 6.45) is -2.21. The van der Waals surface area contributed by atoms with Gasteiger partial charge in [-0.3, -0.25) is 0 Å². The summed E-state index contributed by atoms with van der Waals surface area (Å²) in [4.78, 5) is -0.664. The fraction of sp³-hybridized carbons (Fsp3) is 0.500. The molecule has 0 bridgehead atoms. The third-order valence-corrected chi connectivity index (χ3v) is 1.66. The first-order chi connectivity index (χ1) is 4.11. The number of thioether (sulfide) groups is 1. The Labute approximate surface area is 54.3 Å². The molecular weight excluding hydrogens is 151 g/mol. The Bertz CT molecular complexity index is 139. The van der Waals surface area contributed by atoms with Gasteiger partial charge in [0.15, 0.2) is 0 Å². The highest BCUT2D eigenvalue weighted by Crippen LogP contribution is 2.35. The van der Waals surface area contributed by atoms with E-state index >= 15 is 0 Å². The minimum absolute atomic E-state index is 0.273. The van der Waals surface area contributed by atoms with E-state index in [1.165, 1.54) is 0 Å². The molecule has 1 aliphatic rings. The lowest BCUT2D eigenvalue weighted by atomic mass is 10.6. The van der Waals surface area contributed by atoms with Gasteiger partial charge in [0.05, 0.1) is 12.1 Å². The smallest absolute Gasteiger partial charge is 0.373 e. The SMILES string of the molecule is FC(F)(F)C1=[C]NCS1. The maximum absolute atomic E-state index is 11.6. The van der Waals surface area contributed by atoms with Crippen LogP contribution in [0.1, 0.15) is 0 Å². The third kappa shape index (κ3) is 1.54. The lowest BCUT2D eigenvalue weighted by Gasteiger charge is -2.02. The predicted molar refractivity (Wildman–Crippen MR) is 28.4 cm³/mol. The average molecular weight is 154 g/mol. The van der Waals surface area contributed by atoms with Gasteiger partial charge in [-0.05, 0) is 0 Å². The van der Waals surface area contributed by atoms with E-state index in [4.69, 9.17) is 0 Å². The molecule has 0 aromatic rings. The first kappa shape index (κ1) is 6.80. The number of alkyl halides is 3. The van der Waals surface area contributed by atoms with Crippen LogP contribution < -0.4 is 5.32 Å². The molecule has 1 rings (SSSR count). The van der Waals surface area contributed by atoms with Crippen molar-refractivity contribution in [2.24, 2.45) is 0 Å². The van der Waals surface area contributed by atoms with Gasteiger partial charge < -0.3 is 5.32 Å². The normalized spacial score (nSPS) is 19.2. The molecule has 5 heteroatoms. The van der Waals surface area contributed by atoms with Crippen LogP contribution in [0.2, 0.25) is 0 Å². The summed E-state index contributed by atoms with van der Waals surface area (Å²) >= 11 is 0.719. The highest BCUT2D eigenvalue weighted by Gasteiger charge is 2.36. The van der Waals surface area contributed by atoms with E-state index in [0.29, 0.717) is 0 Å². The summed E-state index contributed by atoms with van der Waals surface area (Å²) in [5.74, 6) is 0.273. The Morgan fingerprint density at radius 3 is 2.44 bits per heavy atom. The molecule has 0 aromatic heterocycles. The summed E-state index contributed by atoms with van der Waals surface area (Å²) in [6.45, 7) is 0. The van der Waals surface area contributed by atoms with Gasteiger partial charge in [0.1, 0.15) is 4.91 Å². The molecule has 1 nitrogen and oxygen atoms in total. The molecule has 1 N–H and O–H groups in total. The number of allylic oxidation sites excluding steroid dienone is 1. The van der Waals surface area contributed by atoms with Crippen LogP contribution in [-0.4, -0.2) is 12.1 Å². The lowest BCUT2D eigenvalue weighted by Crippen LogP contribution is -2.07. The molecule has 9 heavy (non-hydrogen) atoms. The standard InChI is InChI=1S/C4H3F3NS/c5-4(6,7)3-1-8-2-9-3/h8H,2H2. The van der Waals surface area contributed by atoms with Gasteiger partial charge in [-0.15, -0.1) is 0 Å². The average Bonchev–Trinajstić information content (AvgIpc) is 2.08. The Kier molecular flexibility index (Phi) is 1.61. The summed E-state index contributed by atoms with van der Waals surface area (Å²) < 4.78 is 34.8. The molecular formula is C4H3F3NS. The van der Waals surface area contributed by atoms with Gasteiger partial charge in [-0.1, -0.05) is 11.8 Å².